The van der Waals surface area contributed by atoms with Crippen LogP contribution in [-0.2, 0) is 16.6 Å². The van der Waals surface area contributed by atoms with E-state index in [0.29, 0.717) is 18.8 Å². The van der Waals surface area contributed by atoms with Gasteiger partial charge in [-0.2, -0.15) is 4.31 Å². The number of aromatic nitrogens is 1. The number of sulfonamides is 1. The fourth-order valence-electron chi connectivity index (χ4n) is 2.34. The van der Waals surface area contributed by atoms with Gasteiger partial charge >= 0.3 is 0 Å². The molecule has 0 fully saturated rings. The minimum absolute atomic E-state index is 0.0672. The number of ether oxygens (including phenoxy) is 1. The lowest BCUT2D eigenvalue weighted by molar-refractivity contribution is 0.295. The lowest BCUT2D eigenvalue weighted by atomic mass is 10.3. The largest absolute Gasteiger partial charge is 0.492 e. The molecular formula is C17H21FN2O4S. The van der Waals surface area contributed by atoms with E-state index in [9.17, 15) is 17.6 Å². The van der Waals surface area contributed by atoms with Crippen LogP contribution in [0.1, 0.15) is 13.8 Å². The maximum absolute atomic E-state index is 12.8. The average Bonchev–Trinajstić information content (AvgIpc) is 2.59. The van der Waals surface area contributed by atoms with Crippen LogP contribution in [0.15, 0.2) is 52.3 Å². The number of benzene rings is 1. The summed E-state index contributed by atoms with van der Waals surface area (Å²) in [7, 11) is -3.63. The Morgan fingerprint density at radius 1 is 1.08 bits per heavy atom. The van der Waals surface area contributed by atoms with Crippen LogP contribution in [0.2, 0.25) is 0 Å². The van der Waals surface area contributed by atoms with Crippen molar-refractivity contribution in [3.8, 4) is 5.75 Å². The molecule has 1 heterocycles. The molecule has 0 saturated carbocycles. The third-order valence-electron chi connectivity index (χ3n) is 3.71. The Bertz CT molecular complexity index is 859. The van der Waals surface area contributed by atoms with Crippen molar-refractivity contribution in [1.82, 2.24) is 8.87 Å². The molecule has 0 bridgehead atoms. The van der Waals surface area contributed by atoms with Gasteiger partial charge in [0.2, 0.25) is 10.0 Å². The van der Waals surface area contributed by atoms with E-state index in [4.69, 9.17) is 4.74 Å². The van der Waals surface area contributed by atoms with Gasteiger partial charge in [-0.1, -0.05) is 13.8 Å². The Morgan fingerprint density at radius 2 is 1.72 bits per heavy atom. The zero-order chi connectivity index (χ0) is 18.4. The van der Waals surface area contributed by atoms with Crippen molar-refractivity contribution >= 4 is 10.0 Å². The smallest absolute Gasteiger partial charge is 0.250 e. The SMILES string of the molecule is CCN(CC)S(=O)(=O)c1ccc(=O)n(CCOc2ccc(F)cc2)c1. The lowest BCUT2D eigenvalue weighted by Crippen LogP contribution is -2.32. The van der Waals surface area contributed by atoms with Crippen LogP contribution in [0.3, 0.4) is 0 Å². The molecule has 1 aromatic carbocycles. The van der Waals surface area contributed by atoms with Gasteiger partial charge in [-0.3, -0.25) is 4.79 Å². The highest BCUT2D eigenvalue weighted by atomic mass is 32.2. The molecule has 0 aliphatic heterocycles. The van der Waals surface area contributed by atoms with Gasteiger partial charge < -0.3 is 9.30 Å². The molecule has 0 N–H and O–H groups in total. The molecule has 0 atom stereocenters. The van der Waals surface area contributed by atoms with E-state index >= 15 is 0 Å². The van der Waals surface area contributed by atoms with E-state index < -0.39 is 10.0 Å². The summed E-state index contributed by atoms with van der Waals surface area (Å²) in [5.74, 6) is 0.110. The molecular weight excluding hydrogens is 347 g/mol. The number of hydrogen-bond donors (Lipinski definition) is 0. The van der Waals surface area contributed by atoms with Crippen LogP contribution in [0, 0.1) is 5.82 Å². The normalized spacial score (nSPS) is 11.7. The van der Waals surface area contributed by atoms with Crippen LogP contribution in [0.4, 0.5) is 4.39 Å². The summed E-state index contributed by atoms with van der Waals surface area (Å²) < 4.78 is 46.0. The zero-order valence-electron chi connectivity index (χ0n) is 14.2. The van der Waals surface area contributed by atoms with Crippen molar-refractivity contribution in [3.63, 3.8) is 0 Å². The molecule has 2 aromatic rings. The fourth-order valence-corrected chi connectivity index (χ4v) is 3.82. The molecule has 1 aromatic heterocycles. The topological polar surface area (TPSA) is 68.6 Å². The number of hydrogen-bond acceptors (Lipinski definition) is 4. The average molecular weight is 368 g/mol. The molecule has 0 saturated heterocycles. The minimum atomic E-state index is -3.63. The summed E-state index contributed by atoms with van der Waals surface area (Å²) in [6.07, 6.45) is 1.32. The molecule has 25 heavy (non-hydrogen) atoms. The Morgan fingerprint density at radius 3 is 2.32 bits per heavy atom. The van der Waals surface area contributed by atoms with Gasteiger partial charge in [0.15, 0.2) is 0 Å². The van der Waals surface area contributed by atoms with E-state index in [-0.39, 0.29) is 29.4 Å². The fraction of sp³-hybridized carbons (Fsp3) is 0.353. The first kappa shape index (κ1) is 19.1. The Kier molecular flexibility index (Phi) is 6.33. The van der Waals surface area contributed by atoms with Crippen LogP contribution in [-0.4, -0.2) is 37.0 Å². The monoisotopic (exact) mass is 368 g/mol. The first-order chi connectivity index (χ1) is 11.9. The second kappa shape index (κ2) is 8.26. The maximum atomic E-state index is 12.8. The van der Waals surface area contributed by atoms with Crippen molar-refractivity contribution in [1.29, 1.82) is 0 Å². The molecule has 136 valence electrons. The Labute approximate surface area is 146 Å². The van der Waals surface area contributed by atoms with Crippen LogP contribution in [0.25, 0.3) is 0 Å². The summed E-state index contributed by atoms with van der Waals surface area (Å²) in [5, 5.41) is 0. The van der Waals surface area contributed by atoms with E-state index in [2.05, 4.69) is 0 Å². The molecule has 0 spiro atoms. The van der Waals surface area contributed by atoms with E-state index in [0.717, 1.165) is 0 Å². The second-order valence-corrected chi connectivity index (χ2v) is 7.23. The standard InChI is InChI=1S/C17H21FN2O4S/c1-3-20(4-2)25(22,23)16-9-10-17(21)19(13-16)11-12-24-15-7-5-14(18)6-8-15/h5-10,13H,3-4,11-12H2,1-2H3. The van der Waals surface area contributed by atoms with Gasteiger partial charge in [0.1, 0.15) is 18.2 Å². The first-order valence-corrected chi connectivity index (χ1v) is 9.41. The maximum Gasteiger partial charge on any atom is 0.250 e. The molecule has 8 heteroatoms. The molecule has 2 rings (SSSR count). The minimum Gasteiger partial charge on any atom is -0.492 e. The van der Waals surface area contributed by atoms with Gasteiger partial charge in [0, 0.05) is 25.4 Å². The lowest BCUT2D eigenvalue weighted by Gasteiger charge is -2.19. The molecule has 0 radical (unpaired) electrons. The van der Waals surface area contributed by atoms with Crippen LogP contribution < -0.4 is 10.3 Å². The highest BCUT2D eigenvalue weighted by molar-refractivity contribution is 7.89. The number of rotatable bonds is 8. The van der Waals surface area contributed by atoms with E-state index in [1.807, 2.05) is 0 Å². The summed E-state index contributed by atoms with van der Waals surface area (Å²) >= 11 is 0. The van der Waals surface area contributed by atoms with Crippen molar-refractivity contribution in [2.75, 3.05) is 19.7 Å². The molecule has 0 unspecified atom stereocenters. The van der Waals surface area contributed by atoms with Gasteiger partial charge in [0.25, 0.3) is 5.56 Å². The molecule has 0 amide bonds. The third kappa shape index (κ3) is 4.67. The zero-order valence-corrected chi connectivity index (χ0v) is 15.0. The summed E-state index contributed by atoms with van der Waals surface area (Å²) in [6.45, 7) is 4.55. The van der Waals surface area contributed by atoms with Crippen LogP contribution in [0.5, 0.6) is 5.75 Å². The van der Waals surface area contributed by atoms with Gasteiger partial charge in [-0.25, -0.2) is 12.8 Å². The summed E-state index contributed by atoms with van der Waals surface area (Å²) in [5.41, 5.74) is -0.318. The second-order valence-electron chi connectivity index (χ2n) is 5.29. The Balaban J connectivity index is 2.13. The van der Waals surface area contributed by atoms with Gasteiger partial charge in [-0.05, 0) is 30.3 Å². The van der Waals surface area contributed by atoms with Crippen molar-refractivity contribution in [2.45, 2.75) is 25.3 Å². The van der Waals surface area contributed by atoms with Crippen LogP contribution >= 0.6 is 0 Å². The van der Waals surface area contributed by atoms with Crippen molar-refractivity contribution in [2.24, 2.45) is 0 Å². The predicted octanol–water partition coefficient (Wildman–Crippen LogP) is 2.10. The summed E-state index contributed by atoms with van der Waals surface area (Å²) in [6, 6.07) is 8.07. The number of nitrogens with zero attached hydrogens (tertiary/aromatic N) is 2. The summed E-state index contributed by atoms with van der Waals surface area (Å²) in [4.78, 5) is 12.0. The number of pyridine rings is 1. The number of halogens is 1. The molecule has 0 aliphatic rings. The highest BCUT2D eigenvalue weighted by Crippen LogP contribution is 2.14. The van der Waals surface area contributed by atoms with Gasteiger partial charge in [0.05, 0.1) is 11.4 Å². The first-order valence-electron chi connectivity index (χ1n) is 7.97. The predicted molar refractivity (Wildman–Crippen MR) is 92.7 cm³/mol. The van der Waals surface area contributed by atoms with Crippen molar-refractivity contribution < 1.29 is 17.5 Å². The van der Waals surface area contributed by atoms with Crippen molar-refractivity contribution in [3.05, 3.63) is 58.8 Å². The van der Waals surface area contributed by atoms with E-state index in [1.54, 1.807) is 13.8 Å². The van der Waals surface area contributed by atoms with Gasteiger partial charge in [-0.15, -0.1) is 0 Å². The molecule has 6 nitrogen and oxygen atoms in total. The molecule has 0 aliphatic carbocycles. The quantitative estimate of drug-likeness (QED) is 0.716. The Hall–Kier alpha value is -2.19. The highest BCUT2D eigenvalue weighted by Gasteiger charge is 2.22. The third-order valence-corrected chi connectivity index (χ3v) is 5.75. The van der Waals surface area contributed by atoms with E-state index in [1.165, 1.54) is 51.5 Å².